The number of rotatable bonds is 6. The van der Waals surface area contributed by atoms with Crippen LogP contribution in [0.15, 0.2) is 0 Å². The summed E-state index contributed by atoms with van der Waals surface area (Å²) in [4.78, 5) is 53.4. The Balaban J connectivity index is 1.83. The zero-order chi connectivity index (χ0) is 27.7. The Labute approximate surface area is 218 Å². The molecule has 0 N–H and O–H groups in total. The lowest BCUT2D eigenvalue weighted by Gasteiger charge is -2.43. The summed E-state index contributed by atoms with van der Waals surface area (Å²) in [6, 6.07) is 0. The number of ether oxygens (including phenoxy) is 6. The molecule has 0 bridgehead atoms. The normalized spacial score (nSPS) is 24.7. The van der Waals surface area contributed by atoms with E-state index in [0.717, 1.165) is 69.4 Å². The number of pyridine rings is 1. The molecule has 0 amide bonds. The van der Waals surface area contributed by atoms with Crippen LogP contribution in [0.5, 0.6) is 5.88 Å². The first-order valence-electron chi connectivity index (χ1n) is 12.3. The van der Waals surface area contributed by atoms with Gasteiger partial charge in [-0.05, 0) is 38.2 Å². The number of carbonyl (C=O) groups excluding carboxylic acids is 4. The molecule has 2 aromatic heterocycles. The predicted molar refractivity (Wildman–Crippen MR) is 128 cm³/mol. The maximum Gasteiger partial charge on any atom is 0.339 e. The van der Waals surface area contributed by atoms with Crippen molar-refractivity contribution in [2.75, 3.05) is 7.11 Å². The first kappa shape index (κ1) is 27.3. The molecule has 0 saturated carbocycles. The Bertz CT molecular complexity index is 1270. The molecule has 0 spiro atoms. The van der Waals surface area contributed by atoms with Crippen LogP contribution in [0.4, 0.5) is 0 Å². The number of nitrogens with zero attached hydrogens (tertiary/aromatic N) is 3. The van der Waals surface area contributed by atoms with Gasteiger partial charge in [-0.2, -0.15) is 10.1 Å². The van der Waals surface area contributed by atoms with Gasteiger partial charge in [0, 0.05) is 38.8 Å². The minimum atomic E-state index is -1.55. The molecule has 13 heteroatoms. The molecule has 0 radical (unpaired) electrons. The van der Waals surface area contributed by atoms with Gasteiger partial charge in [-0.15, -0.1) is 0 Å². The first-order chi connectivity index (χ1) is 18.0. The lowest BCUT2D eigenvalue weighted by Crippen LogP contribution is -2.64. The summed E-state index contributed by atoms with van der Waals surface area (Å²) < 4.78 is 34.8. The minimum Gasteiger partial charge on any atom is -0.467 e. The standard InChI is InChI=1S/C25H31N3O10/c1-11-17-15-9-7-8-10-16(15)23(26-22(17)28(5)27-11)38-25-21(36-14(4)31)19(35-13(3)30)18(34-12(2)29)20(37-25)24(32)33-6/h18-21,25H,7-10H2,1-6H3/t18-,19-,20-,21+,25-/m0/s1. The summed E-state index contributed by atoms with van der Waals surface area (Å²) in [5.74, 6) is -2.98. The van der Waals surface area contributed by atoms with Crippen LogP contribution in [0.3, 0.4) is 0 Å². The van der Waals surface area contributed by atoms with Crippen molar-refractivity contribution in [3.8, 4) is 5.88 Å². The molecule has 1 saturated heterocycles. The van der Waals surface area contributed by atoms with Gasteiger partial charge in [0.25, 0.3) is 0 Å². The second kappa shape index (κ2) is 10.9. The Morgan fingerprint density at radius 2 is 1.47 bits per heavy atom. The van der Waals surface area contributed by atoms with E-state index in [1.807, 2.05) is 6.92 Å². The van der Waals surface area contributed by atoms with Crippen LogP contribution in [0.25, 0.3) is 11.0 Å². The van der Waals surface area contributed by atoms with Gasteiger partial charge in [-0.1, -0.05) is 0 Å². The molecule has 13 nitrogen and oxygen atoms in total. The highest BCUT2D eigenvalue weighted by molar-refractivity contribution is 5.84. The van der Waals surface area contributed by atoms with Gasteiger partial charge in [0.05, 0.1) is 12.8 Å². The molecule has 1 aliphatic carbocycles. The Kier molecular flexibility index (Phi) is 7.86. The molecular weight excluding hydrogens is 502 g/mol. The predicted octanol–water partition coefficient (Wildman–Crippen LogP) is 1.23. The number of methoxy groups -OCH3 is 1. The molecule has 1 aliphatic heterocycles. The number of carbonyl (C=O) groups is 4. The van der Waals surface area contributed by atoms with Crippen LogP contribution in [-0.2, 0) is 62.8 Å². The molecule has 0 aromatic carbocycles. The van der Waals surface area contributed by atoms with Crippen LogP contribution in [0.2, 0.25) is 0 Å². The van der Waals surface area contributed by atoms with E-state index in [4.69, 9.17) is 33.4 Å². The fraction of sp³-hybridized carbons (Fsp3) is 0.600. The highest BCUT2D eigenvalue weighted by Gasteiger charge is 2.56. The van der Waals surface area contributed by atoms with E-state index in [2.05, 4.69) is 5.10 Å². The second-order valence-electron chi connectivity index (χ2n) is 9.28. The van der Waals surface area contributed by atoms with E-state index in [-0.39, 0.29) is 5.88 Å². The van der Waals surface area contributed by atoms with Gasteiger partial charge in [0.15, 0.2) is 24.0 Å². The van der Waals surface area contributed by atoms with Crippen LogP contribution in [-0.4, -0.2) is 76.5 Å². The van der Waals surface area contributed by atoms with Crippen molar-refractivity contribution >= 4 is 34.9 Å². The first-order valence-corrected chi connectivity index (χ1v) is 12.3. The number of aryl methyl sites for hydroxylation is 3. The zero-order valence-corrected chi connectivity index (χ0v) is 22.1. The number of esters is 4. The van der Waals surface area contributed by atoms with Gasteiger partial charge in [-0.25, -0.2) is 4.79 Å². The highest BCUT2D eigenvalue weighted by atomic mass is 16.7. The van der Waals surface area contributed by atoms with Gasteiger partial charge in [0.1, 0.15) is 0 Å². The largest absolute Gasteiger partial charge is 0.467 e. The minimum absolute atomic E-state index is 0.216. The topological polar surface area (TPSA) is 154 Å². The molecule has 0 unspecified atom stereocenters. The van der Waals surface area contributed by atoms with Crippen molar-refractivity contribution in [1.29, 1.82) is 0 Å². The number of hydrogen-bond donors (Lipinski definition) is 0. The third-order valence-electron chi connectivity index (χ3n) is 6.49. The monoisotopic (exact) mass is 533 g/mol. The van der Waals surface area contributed by atoms with E-state index in [9.17, 15) is 19.2 Å². The third-order valence-corrected chi connectivity index (χ3v) is 6.49. The Morgan fingerprint density at radius 3 is 2.08 bits per heavy atom. The Hall–Kier alpha value is -3.74. The van der Waals surface area contributed by atoms with Crippen molar-refractivity contribution < 1.29 is 47.6 Å². The highest BCUT2D eigenvalue weighted by Crippen LogP contribution is 2.37. The molecule has 4 rings (SSSR count). The summed E-state index contributed by atoms with van der Waals surface area (Å²) in [7, 11) is 2.90. The quantitative estimate of drug-likeness (QED) is 0.387. The van der Waals surface area contributed by atoms with Crippen molar-refractivity contribution in [2.45, 2.75) is 84.1 Å². The maximum absolute atomic E-state index is 12.7. The second-order valence-corrected chi connectivity index (χ2v) is 9.28. The summed E-state index contributed by atoms with van der Waals surface area (Å²) >= 11 is 0. The average Bonchev–Trinajstić information content (AvgIpc) is 3.14. The fourth-order valence-electron chi connectivity index (χ4n) is 5.09. The number of hydrogen-bond acceptors (Lipinski definition) is 12. The SMILES string of the molecule is COC(=O)[C@H]1O[C@@H](Oc2nc3c(c(C)nn3C)c3c2CCCC3)[C@H](OC(C)=O)[C@@H](OC(C)=O)[C@@H]1OC(C)=O. The van der Waals surface area contributed by atoms with Crippen LogP contribution < -0.4 is 4.74 Å². The molecule has 206 valence electrons. The Morgan fingerprint density at radius 1 is 0.895 bits per heavy atom. The van der Waals surface area contributed by atoms with Crippen LogP contribution >= 0.6 is 0 Å². The van der Waals surface area contributed by atoms with Crippen LogP contribution in [0.1, 0.15) is 50.4 Å². The maximum atomic E-state index is 12.7. The lowest BCUT2D eigenvalue weighted by atomic mass is 9.90. The van der Waals surface area contributed by atoms with Gasteiger partial charge in [0.2, 0.25) is 18.3 Å². The van der Waals surface area contributed by atoms with Crippen molar-refractivity contribution in [3.63, 3.8) is 0 Å². The van der Waals surface area contributed by atoms with Gasteiger partial charge in [-0.3, -0.25) is 19.1 Å². The molecule has 1 fully saturated rings. The molecular formula is C25H31N3O10. The fourth-order valence-corrected chi connectivity index (χ4v) is 5.09. The van der Waals surface area contributed by atoms with Crippen LogP contribution in [0, 0.1) is 6.92 Å². The van der Waals surface area contributed by atoms with Crippen molar-refractivity contribution in [2.24, 2.45) is 7.05 Å². The average molecular weight is 534 g/mol. The van der Waals surface area contributed by atoms with E-state index >= 15 is 0 Å². The van der Waals surface area contributed by atoms with E-state index in [1.54, 1.807) is 11.7 Å². The van der Waals surface area contributed by atoms with Gasteiger partial charge < -0.3 is 28.4 Å². The number of aromatic nitrogens is 3. The zero-order valence-electron chi connectivity index (χ0n) is 22.1. The van der Waals surface area contributed by atoms with Gasteiger partial charge >= 0.3 is 23.9 Å². The summed E-state index contributed by atoms with van der Waals surface area (Å²) in [5.41, 5.74) is 3.35. The van der Waals surface area contributed by atoms with E-state index < -0.39 is 54.6 Å². The van der Waals surface area contributed by atoms with Crippen molar-refractivity contribution in [3.05, 3.63) is 16.8 Å². The number of fused-ring (bicyclic) bond motifs is 3. The molecule has 5 atom stereocenters. The molecule has 38 heavy (non-hydrogen) atoms. The van der Waals surface area contributed by atoms with Crippen molar-refractivity contribution in [1.82, 2.24) is 14.8 Å². The summed E-state index contributed by atoms with van der Waals surface area (Å²) in [6.45, 7) is 5.31. The molecule has 3 heterocycles. The lowest BCUT2D eigenvalue weighted by molar-refractivity contribution is -0.283. The smallest absolute Gasteiger partial charge is 0.339 e. The molecule has 2 aromatic rings. The summed E-state index contributed by atoms with van der Waals surface area (Å²) in [6.07, 6.45) is -3.98. The van der Waals surface area contributed by atoms with E-state index in [1.165, 1.54) is 0 Å². The molecule has 2 aliphatic rings. The summed E-state index contributed by atoms with van der Waals surface area (Å²) in [5, 5.41) is 5.45. The van der Waals surface area contributed by atoms with E-state index in [0.29, 0.717) is 12.1 Å². The third kappa shape index (κ3) is 5.28.